The Labute approximate surface area is 306 Å². The summed E-state index contributed by atoms with van der Waals surface area (Å²) in [7, 11) is 4.12. The third-order valence-electron chi connectivity index (χ3n) is 9.98. The second-order valence-corrected chi connectivity index (χ2v) is 14.4. The summed E-state index contributed by atoms with van der Waals surface area (Å²) in [5, 5.41) is 12.1. The summed E-state index contributed by atoms with van der Waals surface area (Å²) < 4.78 is 31.7. The molecule has 3 aromatic carbocycles. The van der Waals surface area contributed by atoms with Gasteiger partial charge in [-0.25, -0.2) is 9.59 Å². The average molecular weight is 740 g/mol. The number of H-pyrrole nitrogens is 1. The van der Waals surface area contributed by atoms with Crippen LogP contribution >= 0.6 is 11.6 Å². The Bertz CT molecular complexity index is 1890. The van der Waals surface area contributed by atoms with Gasteiger partial charge in [-0.15, -0.1) is 0 Å². The fraction of sp³-hybridized carbons (Fsp3) is 0.410. The number of anilines is 1. The number of aromatic nitrogens is 1. The Balaban J connectivity index is 0.000000679. The summed E-state index contributed by atoms with van der Waals surface area (Å²) in [5.41, 5.74) is 6.64. The molecule has 6 rings (SSSR count). The molecule has 52 heavy (non-hydrogen) atoms. The SMILES string of the molecule is Cc1ccccc1C1CCN(C(=O)NC(C(=O)N2C[C@@H](CN(C)C)Cc3cc(Cl)ccc32)C(C)c2c[nH]c3ccccc23)CC1.O=C(O)C(F)(F)F. The van der Waals surface area contributed by atoms with Crippen LogP contribution in [0.2, 0.25) is 5.02 Å². The van der Waals surface area contributed by atoms with Gasteiger partial charge in [0.2, 0.25) is 5.91 Å². The molecule has 4 aromatic rings. The molecule has 1 saturated heterocycles. The van der Waals surface area contributed by atoms with Crippen LogP contribution in [0.25, 0.3) is 10.9 Å². The highest BCUT2D eigenvalue weighted by molar-refractivity contribution is 6.30. The molecular formula is C39H45ClF3N5O4. The number of aromatic amines is 1. The van der Waals surface area contributed by atoms with E-state index in [1.165, 1.54) is 11.1 Å². The number of para-hydroxylation sites is 1. The first-order valence-corrected chi connectivity index (χ1v) is 17.7. The number of carboxylic acids is 1. The van der Waals surface area contributed by atoms with Crippen LogP contribution in [0.5, 0.6) is 0 Å². The number of alkyl halides is 3. The zero-order valence-electron chi connectivity index (χ0n) is 29.7. The molecule has 2 aliphatic rings. The Morgan fingerprint density at radius 3 is 2.35 bits per heavy atom. The maximum absolute atomic E-state index is 14.8. The van der Waals surface area contributed by atoms with Crippen molar-refractivity contribution in [1.82, 2.24) is 20.1 Å². The van der Waals surface area contributed by atoms with E-state index in [2.05, 4.69) is 66.6 Å². The zero-order chi connectivity index (χ0) is 37.7. The third kappa shape index (κ3) is 9.08. The summed E-state index contributed by atoms with van der Waals surface area (Å²) in [6.07, 6.45) is -0.445. The molecule has 1 aromatic heterocycles. The zero-order valence-corrected chi connectivity index (χ0v) is 30.5. The number of aliphatic carboxylic acids is 1. The van der Waals surface area contributed by atoms with Gasteiger partial charge in [0, 0.05) is 59.9 Å². The lowest BCUT2D eigenvalue weighted by molar-refractivity contribution is -0.192. The number of halogens is 4. The highest BCUT2D eigenvalue weighted by Crippen LogP contribution is 2.36. The highest BCUT2D eigenvalue weighted by atomic mass is 35.5. The second kappa shape index (κ2) is 16.4. The molecule has 0 bridgehead atoms. The lowest BCUT2D eigenvalue weighted by Gasteiger charge is -2.39. The van der Waals surface area contributed by atoms with Crippen molar-refractivity contribution in [3.8, 4) is 0 Å². The number of amides is 3. The second-order valence-electron chi connectivity index (χ2n) is 14.0. The fourth-order valence-electron chi connectivity index (χ4n) is 7.44. The van der Waals surface area contributed by atoms with Gasteiger partial charge in [0.15, 0.2) is 0 Å². The molecule has 3 amide bonds. The number of fused-ring (bicyclic) bond motifs is 2. The van der Waals surface area contributed by atoms with Gasteiger partial charge in [0.05, 0.1) is 0 Å². The van der Waals surface area contributed by atoms with Crippen molar-refractivity contribution in [1.29, 1.82) is 0 Å². The van der Waals surface area contributed by atoms with Crippen molar-refractivity contribution in [3.63, 3.8) is 0 Å². The highest BCUT2D eigenvalue weighted by Gasteiger charge is 2.39. The molecule has 1 fully saturated rings. The van der Waals surface area contributed by atoms with E-state index in [9.17, 15) is 22.8 Å². The van der Waals surface area contributed by atoms with Gasteiger partial charge in [-0.1, -0.05) is 61.0 Å². The third-order valence-corrected chi connectivity index (χ3v) is 10.2. The van der Waals surface area contributed by atoms with Gasteiger partial charge in [-0.2, -0.15) is 13.2 Å². The van der Waals surface area contributed by atoms with Gasteiger partial charge in [-0.3, -0.25) is 4.79 Å². The van der Waals surface area contributed by atoms with E-state index in [0.717, 1.165) is 53.5 Å². The molecular weight excluding hydrogens is 695 g/mol. The molecule has 3 N–H and O–H groups in total. The summed E-state index contributed by atoms with van der Waals surface area (Å²) in [6, 6.07) is 21.5. The standard InChI is InChI=1S/C37H44ClN5O2.C2HF3O2/c1-24-9-5-6-10-30(24)27-15-17-42(18-16-27)37(45)40-35(25(2)32-21-39-33-12-8-7-11-31(32)33)36(44)43-23-26(22-41(3)4)19-28-20-29(38)13-14-34(28)43;3-2(4,5)1(6)7/h5-14,20-21,25-27,35,39H,15-19,22-23H2,1-4H3,(H,40,45);(H,6,7)/t25?,26-,35?;/m1./s1. The van der Waals surface area contributed by atoms with Crippen molar-refractivity contribution >= 4 is 46.1 Å². The molecule has 3 heterocycles. The minimum Gasteiger partial charge on any atom is -0.475 e. The molecule has 2 aliphatic heterocycles. The summed E-state index contributed by atoms with van der Waals surface area (Å²) in [6.45, 7) is 6.95. The van der Waals surface area contributed by atoms with E-state index in [-0.39, 0.29) is 23.8 Å². The number of aryl methyl sites for hydroxylation is 1. The van der Waals surface area contributed by atoms with E-state index in [0.29, 0.717) is 30.6 Å². The maximum Gasteiger partial charge on any atom is 0.490 e. The van der Waals surface area contributed by atoms with Gasteiger partial charge < -0.3 is 30.1 Å². The summed E-state index contributed by atoms with van der Waals surface area (Å²) in [4.78, 5) is 46.9. The first-order valence-electron chi connectivity index (χ1n) is 17.4. The average Bonchev–Trinajstić information content (AvgIpc) is 3.54. The Morgan fingerprint density at radius 1 is 1.04 bits per heavy atom. The Kier molecular flexibility index (Phi) is 12.2. The predicted octanol–water partition coefficient (Wildman–Crippen LogP) is 7.59. The van der Waals surface area contributed by atoms with Gasteiger partial charge in [-0.05, 0) is 98.6 Å². The molecule has 13 heteroatoms. The van der Waals surface area contributed by atoms with E-state index in [4.69, 9.17) is 21.5 Å². The molecule has 9 nitrogen and oxygen atoms in total. The monoisotopic (exact) mass is 739 g/mol. The Hall–Kier alpha value is -4.55. The molecule has 0 spiro atoms. The number of hydrogen-bond acceptors (Lipinski definition) is 4. The number of carbonyl (C=O) groups excluding carboxylic acids is 2. The number of carbonyl (C=O) groups is 3. The van der Waals surface area contributed by atoms with Crippen LogP contribution in [0.1, 0.15) is 53.9 Å². The number of nitrogens with zero attached hydrogens (tertiary/aromatic N) is 3. The predicted molar refractivity (Wildman–Crippen MR) is 197 cm³/mol. The minimum absolute atomic E-state index is 0.0945. The number of piperidine rings is 1. The largest absolute Gasteiger partial charge is 0.490 e. The van der Waals surface area contributed by atoms with Gasteiger partial charge in [0.1, 0.15) is 6.04 Å². The molecule has 0 aliphatic carbocycles. The van der Waals surface area contributed by atoms with Crippen molar-refractivity contribution in [2.75, 3.05) is 45.2 Å². The van der Waals surface area contributed by atoms with E-state index >= 15 is 0 Å². The lowest BCUT2D eigenvalue weighted by Crippen LogP contribution is -2.57. The van der Waals surface area contributed by atoms with E-state index in [1.807, 2.05) is 59.3 Å². The van der Waals surface area contributed by atoms with Crippen molar-refractivity contribution < 1.29 is 32.7 Å². The minimum atomic E-state index is -5.08. The first-order chi connectivity index (χ1) is 24.6. The van der Waals surface area contributed by atoms with Crippen LogP contribution in [0.3, 0.4) is 0 Å². The van der Waals surface area contributed by atoms with Crippen LogP contribution in [0.4, 0.5) is 23.7 Å². The topological polar surface area (TPSA) is 109 Å². The number of benzene rings is 3. The van der Waals surface area contributed by atoms with E-state index in [1.54, 1.807) is 0 Å². The number of hydrogen-bond donors (Lipinski definition) is 3. The van der Waals surface area contributed by atoms with Gasteiger partial charge >= 0.3 is 18.2 Å². The first kappa shape index (κ1) is 38.7. The molecule has 278 valence electrons. The van der Waals surface area contributed by atoms with Crippen LogP contribution in [-0.2, 0) is 16.0 Å². The molecule has 0 saturated carbocycles. The van der Waals surface area contributed by atoms with Crippen LogP contribution in [-0.4, -0.2) is 90.3 Å². The Morgan fingerprint density at radius 2 is 1.69 bits per heavy atom. The molecule has 3 atom stereocenters. The summed E-state index contributed by atoms with van der Waals surface area (Å²) in [5.74, 6) is -2.44. The van der Waals surface area contributed by atoms with Gasteiger partial charge in [0.25, 0.3) is 0 Å². The number of urea groups is 1. The maximum atomic E-state index is 14.8. The smallest absolute Gasteiger partial charge is 0.475 e. The quantitative estimate of drug-likeness (QED) is 0.181. The van der Waals surface area contributed by atoms with Crippen molar-refractivity contribution in [2.45, 2.75) is 57.2 Å². The number of likely N-dealkylation sites (tertiary alicyclic amines) is 1. The van der Waals surface area contributed by atoms with Crippen molar-refractivity contribution in [2.24, 2.45) is 5.92 Å². The normalized spacial score (nSPS) is 17.6. The lowest BCUT2D eigenvalue weighted by atomic mass is 9.87. The summed E-state index contributed by atoms with van der Waals surface area (Å²) >= 11 is 6.43. The molecule has 0 radical (unpaired) electrons. The van der Waals surface area contributed by atoms with Crippen LogP contribution in [0, 0.1) is 12.8 Å². The van der Waals surface area contributed by atoms with Crippen LogP contribution < -0.4 is 10.2 Å². The van der Waals surface area contributed by atoms with Crippen molar-refractivity contribution in [3.05, 3.63) is 100 Å². The number of carboxylic acid groups (broad SMARTS) is 1. The van der Waals surface area contributed by atoms with Crippen LogP contribution in [0.15, 0.2) is 72.9 Å². The number of nitrogens with one attached hydrogen (secondary N) is 2. The number of rotatable bonds is 7. The fourth-order valence-corrected chi connectivity index (χ4v) is 7.64. The molecule has 2 unspecified atom stereocenters. The van der Waals surface area contributed by atoms with E-state index < -0.39 is 18.2 Å².